The Hall–Kier alpha value is -1.64. The average molecular weight is 215 g/mol. The lowest BCUT2D eigenvalue weighted by atomic mass is 9.88. The van der Waals surface area contributed by atoms with Crippen molar-refractivity contribution in [3.8, 4) is 0 Å². The Bertz CT molecular complexity index is 505. The first-order valence-electron chi connectivity index (χ1n) is 5.67. The molecule has 1 aromatic rings. The van der Waals surface area contributed by atoms with Crippen LogP contribution in [0.15, 0.2) is 12.1 Å². The molecule has 0 saturated carbocycles. The van der Waals surface area contributed by atoms with Crippen molar-refractivity contribution in [2.75, 3.05) is 11.9 Å². The number of hydrogen-bond donors (Lipinski definition) is 0. The Morgan fingerprint density at radius 2 is 1.88 bits per heavy atom. The number of ketones is 1. The van der Waals surface area contributed by atoms with Crippen molar-refractivity contribution in [3.63, 3.8) is 0 Å². The Balaban J connectivity index is 2.26. The smallest absolute Gasteiger partial charge is 0.299 e. The van der Waals surface area contributed by atoms with Crippen molar-refractivity contribution >= 4 is 17.4 Å². The van der Waals surface area contributed by atoms with E-state index in [4.69, 9.17) is 0 Å². The molecule has 1 aliphatic carbocycles. The van der Waals surface area contributed by atoms with Gasteiger partial charge in [0.05, 0.1) is 11.3 Å². The summed E-state index contributed by atoms with van der Waals surface area (Å²) in [6.07, 6.45) is 4.42. The first kappa shape index (κ1) is 9.58. The van der Waals surface area contributed by atoms with Crippen LogP contribution in [-0.2, 0) is 17.6 Å². The lowest BCUT2D eigenvalue weighted by molar-refractivity contribution is -0.114. The fourth-order valence-corrected chi connectivity index (χ4v) is 2.74. The van der Waals surface area contributed by atoms with Gasteiger partial charge in [-0.3, -0.25) is 9.59 Å². The number of amides is 1. The molecule has 0 aromatic heterocycles. The number of fused-ring (bicyclic) bond motifs is 3. The topological polar surface area (TPSA) is 37.4 Å². The van der Waals surface area contributed by atoms with E-state index in [0.717, 1.165) is 24.9 Å². The van der Waals surface area contributed by atoms with Gasteiger partial charge in [0.2, 0.25) is 0 Å². The number of rotatable bonds is 0. The van der Waals surface area contributed by atoms with Gasteiger partial charge in [0, 0.05) is 7.05 Å². The van der Waals surface area contributed by atoms with Crippen LogP contribution in [0.3, 0.4) is 0 Å². The van der Waals surface area contributed by atoms with Crippen molar-refractivity contribution in [1.82, 2.24) is 0 Å². The Morgan fingerprint density at radius 3 is 2.69 bits per heavy atom. The van der Waals surface area contributed by atoms with E-state index >= 15 is 0 Å². The number of hydrogen-bond acceptors (Lipinski definition) is 2. The molecule has 82 valence electrons. The maximum Gasteiger partial charge on any atom is 0.299 e. The molecule has 3 heteroatoms. The first-order chi connectivity index (χ1) is 7.70. The van der Waals surface area contributed by atoms with Gasteiger partial charge in [-0.2, -0.15) is 0 Å². The molecule has 0 atom stereocenters. The molecule has 0 spiro atoms. The monoisotopic (exact) mass is 215 g/mol. The van der Waals surface area contributed by atoms with Gasteiger partial charge >= 0.3 is 0 Å². The van der Waals surface area contributed by atoms with Crippen LogP contribution >= 0.6 is 0 Å². The minimum atomic E-state index is -0.394. The Labute approximate surface area is 94.1 Å². The van der Waals surface area contributed by atoms with Crippen molar-refractivity contribution < 1.29 is 9.59 Å². The largest absolute Gasteiger partial charge is 0.308 e. The highest BCUT2D eigenvalue weighted by molar-refractivity contribution is 6.52. The van der Waals surface area contributed by atoms with Gasteiger partial charge in [0.1, 0.15) is 0 Å². The van der Waals surface area contributed by atoms with E-state index in [1.807, 2.05) is 12.1 Å². The van der Waals surface area contributed by atoms with Gasteiger partial charge in [-0.25, -0.2) is 0 Å². The summed E-state index contributed by atoms with van der Waals surface area (Å²) in [5, 5.41) is 0. The standard InChI is InChI=1S/C13H13NO2/c1-14-11-9-5-3-2-4-8(9)6-7-10(11)12(15)13(14)16/h6-7H,2-5H2,1H3. The van der Waals surface area contributed by atoms with Crippen LogP contribution < -0.4 is 4.90 Å². The van der Waals surface area contributed by atoms with Crippen LogP contribution in [0.25, 0.3) is 0 Å². The van der Waals surface area contributed by atoms with E-state index in [-0.39, 0.29) is 5.78 Å². The van der Waals surface area contributed by atoms with E-state index < -0.39 is 5.91 Å². The third kappa shape index (κ3) is 1.08. The van der Waals surface area contributed by atoms with E-state index in [0.29, 0.717) is 5.56 Å². The molecule has 0 fully saturated rings. The number of aryl methyl sites for hydroxylation is 1. The van der Waals surface area contributed by atoms with Gasteiger partial charge in [0.25, 0.3) is 11.7 Å². The highest BCUT2D eigenvalue weighted by Gasteiger charge is 2.36. The summed E-state index contributed by atoms with van der Waals surface area (Å²) in [5.41, 5.74) is 3.98. The van der Waals surface area contributed by atoms with E-state index in [9.17, 15) is 9.59 Å². The molecule has 3 rings (SSSR count). The molecular weight excluding hydrogens is 202 g/mol. The van der Waals surface area contributed by atoms with Crippen molar-refractivity contribution in [2.24, 2.45) is 0 Å². The number of carbonyl (C=O) groups excluding carboxylic acids is 2. The highest BCUT2D eigenvalue weighted by atomic mass is 16.2. The summed E-state index contributed by atoms with van der Waals surface area (Å²) in [6, 6.07) is 3.82. The SMILES string of the molecule is CN1C(=O)C(=O)c2ccc3c(c21)CCCC3. The average Bonchev–Trinajstić information content (AvgIpc) is 2.55. The highest BCUT2D eigenvalue weighted by Crippen LogP contribution is 2.37. The fourth-order valence-electron chi connectivity index (χ4n) is 2.74. The molecule has 2 aliphatic rings. The lowest BCUT2D eigenvalue weighted by Crippen LogP contribution is -2.25. The number of benzene rings is 1. The molecule has 16 heavy (non-hydrogen) atoms. The van der Waals surface area contributed by atoms with E-state index in [2.05, 4.69) is 0 Å². The summed E-state index contributed by atoms with van der Waals surface area (Å²) in [5.74, 6) is -0.750. The van der Waals surface area contributed by atoms with Gasteiger partial charge in [0.15, 0.2) is 0 Å². The molecule has 0 bridgehead atoms. The summed E-state index contributed by atoms with van der Waals surface area (Å²) in [6.45, 7) is 0. The number of anilines is 1. The van der Waals surface area contributed by atoms with Crippen LogP contribution in [0.5, 0.6) is 0 Å². The molecule has 0 N–H and O–H groups in total. The molecule has 1 aliphatic heterocycles. The van der Waals surface area contributed by atoms with Crippen molar-refractivity contribution in [2.45, 2.75) is 25.7 Å². The van der Waals surface area contributed by atoms with Crippen LogP contribution in [0.4, 0.5) is 5.69 Å². The molecule has 3 nitrogen and oxygen atoms in total. The predicted molar refractivity (Wildman–Crippen MR) is 60.8 cm³/mol. The zero-order chi connectivity index (χ0) is 11.3. The third-order valence-electron chi connectivity index (χ3n) is 3.58. The van der Waals surface area contributed by atoms with Gasteiger partial charge in [-0.15, -0.1) is 0 Å². The van der Waals surface area contributed by atoms with E-state index in [1.54, 1.807) is 7.05 Å². The van der Waals surface area contributed by atoms with Gasteiger partial charge in [-0.05, 0) is 42.9 Å². The lowest BCUT2D eigenvalue weighted by Gasteiger charge is -2.21. The molecule has 0 unspecified atom stereocenters. The summed E-state index contributed by atoms with van der Waals surface area (Å²) < 4.78 is 0. The summed E-state index contributed by atoms with van der Waals surface area (Å²) >= 11 is 0. The zero-order valence-electron chi connectivity index (χ0n) is 9.25. The summed E-state index contributed by atoms with van der Waals surface area (Å²) in [4.78, 5) is 24.8. The molecule has 1 aromatic carbocycles. The normalized spacial score (nSPS) is 18.7. The number of likely N-dealkylation sites (N-methyl/N-ethyl adjacent to an activating group) is 1. The second-order valence-corrected chi connectivity index (χ2v) is 4.50. The minimum absolute atomic E-state index is 0.356. The van der Waals surface area contributed by atoms with Crippen molar-refractivity contribution in [3.05, 3.63) is 28.8 Å². The maximum absolute atomic E-state index is 11.7. The molecule has 1 heterocycles. The van der Waals surface area contributed by atoms with Crippen LogP contribution in [0, 0.1) is 0 Å². The number of Topliss-reactive ketones (excluding diaryl/α,β-unsaturated/α-hetero) is 1. The third-order valence-corrected chi connectivity index (χ3v) is 3.58. The number of carbonyl (C=O) groups is 2. The quantitative estimate of drug-likeness (QED) is 0.618. The summed E-state index contributed by atoms with van der Waals surface area (Å²) in [7, 11) is 1.70. The van der Waals surface area contributed by atoms with Gasteiger partial charge in [-0.1, -0.05) is 6.07 Å². The van der Waals surface area contributed by atoms with Crippen LogP contribution in [0.2, 0.25) is 0 Å². The predicted octanol–water partition coefficient (Wildman–Crippen LogP) is 1.72. The molecule has 1 amide bonds. The van der Waals surface area contributed by atoms with Gasteiger partial charge < -0.3 is 4.90 Å². The Morgan fingerprint density at radius 1 is 1.12 bits per heavy atom. The second kappa shape index (κ2) is 3.17. The second-order valence-electron chi connectivity index (χ2n) is 4.50. The van der Waals surface area contributed by atoms with Crippen molar-refractivity contribution in [1.29, 1.82) is 0 Å². The van der Waals surface area contributed by atoms with E-state index in [1.165, 1.54) is 22.4 Å². The van der Waals surface area contributed by atoms with Crippen LogP contribution in [0.1, 0.15) is 34.3 Å². The first-order valence-corrected chi connectivity index (χ1v) is 5.67. The fraction of sp³-hybridized carbons (Fsp3) is 0.385. The maximum atomic E-state index is 11.7. The Kier molecular flexibility index (Phi) is 1.90. The zero-order valence-corrected chi connectivity index (χ0v) is 9.25. The molecular formula is C13H13NO2. The minimum Gasteiger partial charge on any atom is -0.308 e. The molecule has 0 saturated heterocycles. The van der Waals surface area contributed by atoms with Crippen LogP contribution in [-0.4, -0.2) is 18.7 Å². The number of nitrogens with zero attached hydrogens (tertiary/aromatic N) is 1. The molecule has 0 radical (unpaired) electrons.